The second-order valence-electron chi connectivity index (χ2n) is 7.91. The fraction of sp³-hybridized carbons (Fsp3) is 0.214. The Morgan fingerprint density at radius 3 is 2.36 bits per heavy atom. The number of carbonyl (C=O) groups is 1. The summed E-state index contributed by atoms with van der Waals surface area (Å²) in [6, 6.07) is 28.1. The molecule has 4 rings (SSSR count). The van der Waals surface area contributed by atoms with Crippen LogP contribution in [0.4, 0.5) is 0 Å². The van der Waals surface area contributed by atoms with Crippen LogP contribution in [-0.4, -0.2) is 10.9 Å². The smallest absolute Gasteiger partial charge is 0.220 e. The fourth-order valence-corrected chi connectivity index (χ4v) is 3.54. The molecule has 0 saturated heterocycles. The van der Waals surface area contributed by atoms with Crippen molar-refractivity contribution >= 4 is 5.91 Å². The van der Waals surface area contributed by atoms with Gasteiger partial charge in [0, 0.05) is 24.9 Å². The molecule has 5 heteroatoms. The summed E-state index contributed by atoms with van der Waals surface area (Å²) in [6.07, 6.45) is 3.49. The van der Waals surface area contributed by atoms with Crippen molar-refractivity contribution < 1.29 is 13.9 Å². The molecule has 0 atom stereocenters. The molecule has 3 aromatic carbocycles. The lowest BCUT2D eigenvalue weighted by Crippen LogP contribution is -2.22. The van der Waals surface area contributed by atoms with Crippen LogP contribution in [0.15, 0.2) is 95.5 Å². The molecule has 4 aromatic rings. The molecule has 5 nitrogen and oxygen atoms in total. The minimum atomic E-state index is 0.0237. The predicted molar refractivity (Wildman–Crippen MR) is 128 cm³/mol. The summed E-state index contributed by atoms with van der Waals surface area (Å²) in [5.41, 5.74) is 4.31. The van der Waals surface area contributed by atoms with Gasteiger partial charge in [0.25, 0.3) is 0 Å². The maximum atomic E-state index is 12.3. The zero-order chi connectivity index (χ0) is 22.7. The molecular weight excluding hydrogens is 412 g/mol. The van der Waals surface area contributed by atoms with Crippen LogP contribution in [0.3, 0.4) is 0 Å². The first-order chi connectivity index (χ1) is 16.3. The van der Waals surface area contributed by atoms with Crippen LogP contribution in [0.5, 0.6) is 0 Å². The number of rotatable bonds is 11. The van der Waals surface area contributed by atoms with E-state index < -0.39 is 0 Å². The third kappa shape index (κ3) is 7.16. The third-order valence-corrected chi connectivity index (χ3v) is 5.27. The van der Waals surface area contributed by atoms with E-state index in [4.69, 9.17) is 9.15 Å². The standard InChI is InChI=1S/C28H28N2O3/c31-27(15-8-16-28-30-19-26(33-28)25-13-5-2-6-14-25)29-18-23-11-7-12-24(17-23)21-32-20-22-9-3-1-4-10-22/h1-7,9-14,17,19H,8,15-16,18,20-21H2,(H,29,31). The molecule has 168 valence electrons. The van der Waals surface area contributed by atoms with Crippen LogP contribution in [0.25, 0.3) is 11.3 Å². The Labute approximate surface area is 194 Å². The Hall–Kier alpha value is -3.70. The lowest BCUT2D eigenvalue weighted by atomic mass is 10.1. The van der Waals surface area contributed by atoms with Crippen molar-refractivity contribution in [1.29, 1.82) is 0 Å². The largest absolute Gasteiger partial charge is 0.441 e. The molecule has 1 aromatic heterocycles. The highest BCUT2D eigenvalue weighted by atomic mass is 16.5. The summed E-state index contributed by atoms with van der Waals surface area (Å²) in [6.45, 7) is 1.62. The highest BCUT2D eigenvalue weighted by molar-refractivity contribution is 5.75. The number of carbonyl (C=O) groups excluding carboxylic acids is 1. The highest BCUT2D eigenvalue weighted by Gasteiger charge is 2.08. The van der Waals surface area contributed by atoms with Crippen LogP contribution in [0.1, 0.15) is 35.4 Å². The van der Waals surface area contributed by atoms with E-state index in [1.165, 1.54) is 0 Å². The summed E-state index contributed by atoms with van der Waals surface area (Å²) >= 11 is 0. The van der Waals surface area contributed by atoms with Gasteiger partial charge in [-0.15, -0.1) is 0 Å². The van der Waals surface area contributed by atoms with Crippen molar-refractivity contribution in [2.75, 3.05) is 0 Å². The van der Waals surface area contributed by atoms with Gasteiger partial charge in [-0.25, -0.2) is 4.98 Å². The van der Waals surface area contributed by atoms with Crippen molar-refractivity contribution in [2.24, 2.45) is 0 Å². The number of nitrogens with zero attached hydrogens (tertiary/aromatic N) is 1. The van der Waals surface area contributed by atoms with E-state index in [0.717, 1.165) is 28.0 Å². The Morgan fingerprint density at radius 2 is 1.55 bits per heavy atom. The molecule has 0 bridgehead atoms. The van der Waals surface area contributed by atoms with Crippen molar-refractivity contribution in [3.8, 4) is 11.3 Å². The molecule has 0 aliphatic heterocycles. The molecule has 1 heterocycles. The van der Waals surface area contributed by atoms with Gasteiger partial charge in [-0.1, -0.05) is 84.9 Å². The third-order valence-electron chi connectivity index (χ3n) is 5.27. The van der Waals surface area contributed by atoms with Crippen LogP contribution in [-0.2, 0) is 35.7 Å². The van der Waals surface area contributed by atoms with E-state index in [1.807, 2.05) is 66.7 Å². The zero-order valence-electron chi connectivity index (χ0n) is 18.6. The van der Waals surface area contributed by atoms with Crippen LogP contribution in [0.2, 0.25) is 0 Å². The van der Waals surface area contributed by atoms with Crippen LogP contribution in [0, 0.1) is 0 Å². The molecule has 1 amide bonds. The van der Waals surface area contributed by atoms with Crippen molar-refractivity contribution in [3.05, 3.63) is 114 Å². The number of nitrogens with one attached hydrogen (secondary N) is 1. The average molecular weight is 441 g/mol. The van der Waals surface area contributed by atoms with Gasteiger partial charge in [-0.3, -0.25) is 4.79 Å². The first kappa shape index (κ1) is 22.5. The van der Waals surface area contributed by atoms with Crippen molar-refractivity contribution in [3.63, 3.8) is 0 Å². The van der Waals surface area contributed by atoms with E-state index in [-0.39, 0.29) is 5.91 Å². The summed E-state index contributed by atoms with van der Waals surface area (Å²) in [7, 11) is 0. The first-order valence-electron chi connectivity index (χ1n) is 11.2. The molecule has 0 saturated carbocycles. The van der Waals surface area contributed by atoms with Gasteiger partial charge in [-0.2, -0.15) is 0 Å². The van der Waals surface area contributed by atoms with E-state index >= 15 is 0 Å². The highest BCUT2D eigenvalue weighted by Crippen LogP contribution is 2.20. The number of hydrogen-bond acceptors (Lipinski definition) is 4. The van der Waals surface area contributed by atoms with Crippen molar-refractivity contribution in [1.82, 2.24) is 10.3 Å². The minimum absolute atomic E-state index is 0.0237. The zero-order valence-corrected chi connectivity index (χ0v) is 18.6. The minimum Gasteiger partial charge on any atom is -0.441 e. The van der Waals surface area contributed by atoms with E-state index in [2.05, 4.69) is 28.5 Å². The second kappa shape index (κ2) is 11.8. The summed E-state index contributed by atoms with van der Waals surface area (Å²) in [5.74, 6) is 1.43. The van der Waals surface area contributed by atoms with E-state index in [1.54, 1.807) is 6.20 Å². The molecule has 0 aliphatic rings. The monoisotopic (exact) mass is 440 g/mol. The van der Waals surface area contributed by atoms with Gasteiger partial charge in [0.1, 0.15) is 0 Å². The SMILES string of the molecule is O=C(CCCc1ncc(-c2ccccc2)o1)NCc1cccc(COCc2ccccc2)c1. The molecule has 33 heavy (non-hydrogen) atoms. The van der Waals surface area contributed by atoms with Crippen molar-refractivity contribution in [2.45, 2.75) is 39.0 Å². The van der Waals surface area contributed by atoms with Gasteiger partial charge in [0.15, 0.2) is 11.7 Å². The van der Waals surface area contributed by atoms with E-state index in [0.29, 0.717) is 44.9 Å². The predicted octanol–water partition coefficient (Wildman–Crippen LogP) is 5.70. The lowest BCUT2D eigenvalue weighted by molar-refractivity contribution is -0.121. The van der Waals surface area contributed by atoms with Crippen LogP contribution >= 0.6 is 0 Å². The van der Waals surface area contributed by atoms with Gasteiger partial charge in [0.2, 0.25) is 5.91 Å². The maximum Gasteiger partial charge on any atom is 0.220 e. The quantitative estimate of drug-likeness (QED) is 0.325. The number of amides is 1. The number of aromatic nitrogens is 1. The van der Waals surface area contributed by atoms with E-state index in [9.17, 15) is 4.79 Å². The topological polar surface area (TPSA) is 64.4 Å². The second-order valence-corrected chi connectivity index (χ2v) is 7.91. The molecule has 0 fully saturated rings. The summed E-state index contributed by atoms with van der Waals surface area (Å²) in [4.78, 5) is 16.6. The average Bonchev–Trinajstić information content (AvgIpc) is 3.33. The first-order valence-corrected chi connectivity index (χ1v) is 11.2. The van der Waals surface area contributed by atoms with Gasteiger partial charge >= 0.3 is 0 Å². The molecule has 0 unspecified atom stereocenters. The number of hydrogen-bond donors (Lipinski definition) is 1. The number of ether oxygens (including phenoxy) is 1. The molecule has 0 radical (unpaired) electrons. The number of benzene rings is 3. The van der Waals surface area contributed by atoms with Gasteiger partial charge < -0.3 is 14.5 Å². The van der Waals surface area contributed by atoms with Crippen LogP contribution < -0.4 is 5.32 Å². The molecular formula is C28H28N2O3. The van der Waals surface area contributed by atoms with Gasteiger partial charge in [-0.05, 0) is 23.1 Å². The number of aryl methyl sites for hydroxylation is 1. The summed E-state index contributed by atoms with van der Waals surface area (Å²) < 4.78 is 11.6. The Balaban J connectivity index is 1.16. The Bertz CT molecular complexity index is 1140. The fourth-order valence-electron chi connectivity index (χ4n) is 3.54. The summed E-state index contributed by atoms with van der Waals surface area (Å²) in [5, 5.41) is 2.99. The normalized spacial score (nSPS) is 10.8. The lowest BCUT2D eigenvalue weighted by Gasteiger charge is -2.08. The molecule has 1 N–H and O–H groups in total. The number of oxazole rings is 1. The molecule has 0 spiro atoms. The maximum absolute atomic E-state index is 12.3. The Kier molecular flexibility index (Phi) is 8.03. The molecule has 0 aliphatic carbocycles. The van der Waals surface area contributed by atoms with Gasteiger partial charge in [0.05, 0.1) is 19.4 Å². The Morgan fingerprint density at radius 1 is 0.848 bits per heavy atom.